The second-order valence-electron chi connectivity index (χ2n) is 3.04. The van der Waals surface area contributed by atoms with E-state index in [-0.39, 0.29) is 0 Å². The molecule has 0 spiro atoms. The van der Waals surface area contributed by atoms with Crippen molar-refractivity contribution in [2.24, 2.45) is 0 Å². The van der Waals surface area contributed by atoms with Crippen molar-refractivity contribution in [3.8, 4) is 0 Å². The average molecular weight is 303 g/mol. The zero-order valence-electron chi connectivity index (χ0n) is 8.14. The first-order valence-electron chi connectivity index (χ1n) is 4.34. The summed E-state index contributed by atoms with van der Waals surface area (Å²) in [5.74, 6) is -0.929. The molecular formula is C8H7BrN4O2S. The fourth-order valence-corrected chi connectivity index (χ4v) is 2.29. The molecular weight excluding hydrogens is 296 g/mol. The van der Waals surface area contributed by atoms with Crippen LogP contribution in [0.15, 0.2) is 10.8 Å². The van der Waals surface area contributed by atoms with Crippen LogP contribution < -0.4 is 5.32 Å². The summed E-state index contributed by atoms with van der Waals surface area (Å²) in [5, 5.41) is 12.0. The van der Waals surface area contributed by atoms with Crippen LogP contribution in [0.3, 0.4) is 0 Å². The van der Waals surface area contributed by atoms with E-state index in [2.05, 4.69) is 36.2 Å². The fourth-order valence-electron chi connectivity index (χ4n) is 1.01. The van der Waals surface area contributed by atoms with Crippen LogP contribution in [0.5, 0.6) is 0 Å². The maximum absolute atomic E-state index is 10.6. The van der Waals surface area contributed by atoms with Crippen LogP contribution in [0.25, 0.3) is 10.5 Å². The van der Waals surface area contributed by atoms with Crippen molar-refractivity contribution in [3.05, 3.63) is 10.8 Å². The molecule has 1 unspecified atom stereocenters. The van der Waals surface area contributed by atoms with Crippen LogP contribution in [-0.2, 0) is 4.79 Å². The third kappa shape index (κ3) is 2.27. The van der Waals surface area contributed by atoms with Gasteiger partial charge in [0.2, 0.25) is 0 Å². The highest BCUT2D eigenvalue weighted by molar-refractivity contribution is 9.10. The summed E-state index contributed by atoms with van der Waals surface area (Å²) >= 11 is 4.47. The summed E-state index contributed by atoms with van der Waals surface area (Å²) in [7, 11) is 0. The number of hydrogen-bond acceptors (Lipinski definition) is 6. The number of rotatable bonds is 3. The number of aliphatic carboxylic acids is 1. The number of carboxylic acid groups (broad SMARTS) is 1. The lowest BCUT2D eigenvalue weighted by atomic mass is 10.4. The number of fused-ring (bicyclic) bond motifs is 1. The summed E-state index contributed by atoms with van der Waals surface area (Å²) in [4.78, 5) is 23.7. The van der Waals surface area contributed by atoms with Crippen LogP contribution in [0.2, 0.25) is 0 Å². The van der Waals surface area contributed by atoms with Gasteiger partial charge in [-0.3, -0.25) is 4.79 Å². The molecule has 0 fully saturated rings. The number of thiazole rings is 1. The Morgan fingerprint density at radius 2 is 2.38 bits per heavy atom. The summed E-state index contributed by atoms with van der Waals surface area (Å²) in [6, 6.07) is -0.691. The smallest absolute Gasteiger partial charge is 0.325 e. The van der Waals surface area contributed by atoms with Gasteiger partial charge in [0.15, 0.2) is 15.6 Å². The third-order valence-electron chi connectivity index (χ3n) is 1.80. The normalized spacial score (nSPS) is 12.6. The van der Waals surface area contributed by atoms with Crippen molar-refractivity contribution in [1.82, 2.24) is 15.0 Å². The molecule has 0 saturated heterocycles. The Morgan fingerprint density at radius 3 is 3.06 bits per heavy atom. The first-order valence-corrected chi connectivity index (χ1v) is 5.95. The van der Waals surface area contributed by atoms with Crippen LogP contribution in [0.1, 0.15) is 6.92 Å². The van der Waals surface area contributed by atoms with Gasteiger partial charge in [0.25, 0.3) is 0 Å². The SMILES string of the molecule is CC(Nc1nc2ncc(Br)nc2s1)C(=O)O. The van der Waals surface area contributed by atoms with Crippen molar-refractivity contribution in [3.63, 3.8) is 0 Å². The predicted molar refractivity (Wildman–Crippen MR) is 63.6 cm³/mol. The minimum Gasteiger partial charge on any atom is -0.480 e. The van der Waals surface area contributed by atoms with Gasteiger partial charge >= 0.3 is 5.97 Å². The van der Waals surface area contributed by atoms with Gasteiger partial charge in [-0.15, -0.1) is 0 Å². The number of aromatic nitrogens is 3. The largest absolute Gasteiger partial charge is 0.480 e. The van der Waals surface area contributed by atoms with Crippen molar-refractivity contribution in [1.29, 1.82) is 0 Å². The molecule has 2 rings (SSSR count). The van der Waals surface area contributed by atoms with E-state index in [9.17, 15) is 4.79 Å². The van der Waals surface area contributed by atoms with Crippen LogP contribution in [-0.4, -0.2) is 32.1 Å². The quantitative estimate of drug-likeness (QED) is 0.898. The van der Waals surface area contributed by atoms with E-state index in [4.69, 9.17) is 5.11 Å². The van der Waals surface area contributed by atoms with E-state index in [0.29, 0.717) is 20.2 Å². The molecule has 2 aromatic rings. The number of nitrogens with one attached hydrogen (secondary N) is 1. The van der Waals surface area contributed by atoms with E-state index < -0.39 is 12.0 Å². The molecule has 0 radical (unpaired) electrons. The number of nitrogens with zero attached hydrogens (tertiary/aromatic N) is 3. The van der Waals surface area contributed by atoms with Crippen LogP contribution >= 0.6 is 27.3 Å². The summed E-state index contributed by atoms with van der Waals surface area (Å²) in [6.07, 6.45) is 1.55. The standard InChI is InChI=1S/C8H7BrN4O2S/c1-3(7(14)15)11-8-13-5-6(16-8)12-4(9)2-10-5/h2-3H,1H3,(H,14,15)(H,10,11,13). The minimum atomic E-state index is -0.929. The zero-order chi connectivity index (χ0) is 11.7. The van der Waals surface area contributed by atoms with Gasteiger partial charge in [0, 0.05) is 0 Å². The van der Waals surface area contributed by atoms with Gasteiger partial charge in [-0.05, 0) is 22.9 Å². The van der Waals surface area contributed by atoms with E-state index in [1.54, 1.807) is 13.1 Å². The predicted octanol–water partition coefficient (Wildman–Crippen LogP) is 1.73. The van der Waals surface area contributed by atoms with Crippen LogP contribution in [0.4, 0.5) is 5.13 Å². The molecule has 0 aliphatic rings. The molecule has 0 saturated carbocycles. The number of carboxylic acids is 1. The lowest BCUT2D eigenvalue weighted by Crippen LogP contribution is -2.25. The summed E-state index contributed by atoms with van der Waals surface area (Å²) in [6.45, 7) is 1.55. The average Bonchev–Trinajstić information content (AvgIpc) is 2.58. The fraction of sp³-hybridized carbons (Fsp3) is 0.250. The molecule has 2 N–H and O–H groups in total. The van der Waals surface area contributed by atoms with E-state index in [0.717, 1.165) is 0 Å². The van der Waals surface area contributed by atoms with Gasteiger partial charge in [0.1, 0.15) is 10.6 Å². The Bertz CT molecular complexity index is 544. The zero-order valence-corrected chi connectivity index (χ0v) is 10.5. The highest BCUT2D eigenvalue weighted by Gasteiger charge is 2.13. The lowest BCUT2D eigenvalue weighted by molar-refractivity contribution is -0.137. The van der Waals surface area contributed by atoms with E-state index >= 15 is 0 Å². The maximum atomic E-state index is 10.6. The van der Waals surface area contributed by atoms with Crippen molar-refractivity contribution >= 4 is 48.8 Å². The van der Waals surface area contributed by atoms with E-state index in [1.165, 1.54) is 11.3 Å². The van der Waals surface area contributed by atoms with Gasteiger partial charge in [0.05, 0.1) is 6.20 Å². The highest BCUT2D eigenvalue weighted by atomic mass is 79.9. The minimum absolute atomic E-state index is 0.503. The number of carbonyl (C=O) groups is 1. The number of hydrogen-bond donors (Lipinski definition) is 2. The third-order valence-corrected chi connectivity index (χ3v) is 3.06. The molecule has 1 atom stereocenters. The monoisotopic (exact) mass is 302 g/mol. The van der Waals surface area contributed by atoms with Gasteiger partial charge < -0.3 is 10.4 Å². The lowest BCUT2D eigenvalue weighted by Gasteiger charge is -2.05. The Labute approximate surface area is 103 Å². The second kappa shape index (κ2) is 4.30. The molecule has 0 aliphatic heterocycles. The molecule has 6 nitrogen and oxygen atoms in total. The van der Waals surface area contributed by atoms with Crippen molar-refractivity contribution < 1.29 is 9.90 Å². The van der Waals surface area contributed by atoms with Gasteiger partial charge in [-0.25, -0.2) is 9.97 Å². The highest BCUT2D eigenvalue weighted by Crippen LogP contribution is 2.24. The molecule has 0 bridgehead atoms. The maximum Gasteiger partial charge on any atom is 0.325 e. The second-order valence-corrected chi connectivity index (χ2v) is 4.83. The van der Waals surface area contributed by atoms with E-state index in [1.807, 2.05) is 0 Å². The topological polar surface area (TPSA) is 88.0 Å². The summed E-state index contributed by atoms with van der Waals surface area (Å²) in [5.41, 5.74) is 0.508. The van der Waals surface area contributed by atoms with Crippen molar-refractivity contribution in [2.45, 2.75) is 13.0 Å². The molecule has 84 valence electrons. The molecule has 16 heavy (non-hydrogen) atoms. The first-order chi connectivity index (χ1) is 7.56. The van der Waals surface area contributed by atoms with Gasteiger partial charge in [-0.2, -0.15) is 4.98 Å². The van der Waals surface area contributed by atoms with Crippen molar-refractivity contribution in [2.75, 3.05) is 5.32 Å². The van der Waals surface area contributed by atoms with Gasteiger partial charge in [-0.1, -0.05) is 11.3 Å². The number of halogens is 1. The Morgan fingerprint density at radius 1 is 1.62 bits per heavy atom. The Kier molecular flexibility index (Phi) is 3.01. The summed E-state index contributed by atoms with van der Waals surface area (Å²) < 4.78 is 0.626. The molecule has 8 heteroatoms. The van der Waals surface area contributed by atoms with Crippen LogP contribution in [0, 0.1) is 0 Å². The molecule has 0 aliphatic carbocycles. The molecule has 2 aromatic heterocycles. The number of anilines is 1. The Balaban J connectivity index is 2.29. The molecule has 0 amide bonds. The first kappa shape index (κ1) is 11.2. The Hall–Kier alpha value is -1.28. The molecule has 2 heterocycles. The molecule has 0 aromatic carbocycles.